The molecular weight excluding hydrogens is 296 g/mol. The van der Waals surface area contributed by atoms with Gasteiger partial charge in [-0.15, -0.1) is 0 Å². The van der Waals surface area contributed by atoms with Crippen molar-refractivity contribution in [3.05, 3.63) is 102 Å². The first kappa shape index (κ1) is 16.0. The molecule has 0 heterocycles. The molecule has 0 radical (unpaired) electrons. The van der Waals surface area contributed by atoms with E-state index in [1.165, 1.54) is 23.6 Å². The van der Waals surface area contributed by atoms with Crippen molar-refractivity contribution in [2.75, 3.05) is 0 Å². The molecule has 0 saturated heterocycles. The topological polar surface area (TPSA) is 26.3 Å². The van der Waals surface area contributed by atoms with Gasteiger partial charge in [-0.1, -0.05) is 72.8 Å². The number of carbonyl (C=O) groups excluding carboxylic acids is 1. The van der Waals surface area contributed by atoms with E-state index in [-0.39, 0.29) is 11.9 Å². The maximum Gasteiger partial charge on any atom is 0.308 e. The van der Waals surface area contributed by atoms with Crippen LogP contribution in [0, 0.1) is 0 Å². The van der Waals surface area contributed by atoms with Gasteiger partial charge in [-0.3, -0.25) is 4.79 Å². The second kappa shape index (κ2) is 7.60. The summed E-state index contributed by atoms with van der Waals surface area (Å²) in [6.07, 6.45) is 0.928. The van der Waals surface area contributed by atoms with E-state index in [9.17, 15) is 4.79 Å². The molecule has 0 N–H and O–H groups in total. The fraction of sp³-hybridized carbons (Fsp3) is 0.136. The minimum absolute atomic E-state index is 0.264. The van der Waals surface area contributed by atoms with Crippen LogP contribution in [0.1, 0.15) is 29.5 Å². The van der Waals surface area contributed by atoms with E-state index in [4.69, 9.17) is 4.74 Å². The van der Waals surface area contributed by atoms with Gasteiger partial charge >= 0.3 is 5.97 Å². The molecule has 0 saturated carbocycles. The fourth-order valence-corrected chi connectivity index (χ4v) is 2.90. The normalized spacial score (nSPS) is 11.7. The predicted octanol–water partition coefficient (Wildman–Crippen LogP) is 4.99. The van der Waals surface area contributed by atoms with Crippen molar-refractivity contribution < 1.29 is 9.53 Å². The first-order valence-corrected chi connectivity index (χ1v) is 8.09. The van der Waals surface area contributed by atoms with Crippen molar-refractivity contribution in [1.82, 2.24) is 0 Å². The summed E-state index contributed by atoms with van der Waals surface area (Å²) in [4.78, 5) is 11.1. The minimum Gasteiger partial charge on any atom is -0.427 e. The maximum absolute atomic E-state index is 11.1. The molecule has 1 atom stereocenters. The number of esters is 1. The Morgan fingerprint density at radius 3 is 1.92 bits per heavy atom. The minimum atomic E-state index is -0.299. The molecule has 0 aromatic heterocycles. The van der Waals surface area contributed by atoms with Crippen molar-refractivity contribution in [2.45, 2.75) is 19.3 Å². The highest BCUT2D eigenvalue weighted by molar-refractivity contribution is 5.69. The molecule has 0 spiro atoms. The van der Waals surface area contributed by atoms with Gasteiger partial charge in [0.05, 0.1) is 0 Å². The summed E-state index contributed by atoms with van der Waals surface area (Å²) in [5.41, 5.74) is 3.79. The van der Waals surface area contributed by atoms with E-state index in [0.717, 1.165) is 6.42 Å². The Bertz CT molecular complexity index is 777. The SMILES string of the molecule is CC(=O)Oc1ccc([C@H](Cc2ccccc2)c2ccccc2)cc1. The molecule has 0 unspecified atom stereocenters. The molecular formula is C22H20O2. The third-order valence-electron chi connectivity index (χ3n) is 4.03. The molecule has 120 valence electrons. The second-order valence-electron chi connectivity index (χ2n) is 5.82. The Balaban J connectivity index is 1.91. The van der Waals surface area contributed by atoms with Crippen molar-refractivity contribution in [3.63, 3.8) is 0 Å². The zero-order chi connectivity index (χ0) is 16.8. The third kappa shape index (κ3) is 4.11. The molecule has 0 aliphatic rings. The number of hydrogen-bond donors (Lipinski definition) is 0. The van der Waals surface area contributed by atoms with Crippen molar-refractivity contribution in [2.24, 2.45) is 0 Å². The molecule has 0 aliphatic heterocycles. The lowest BCUT2D eigenvalue weighted by atomic mass is 9.86. The molecule has 3 rings (SSSR count). The van der Waals surface area contributed by atoms with Crippen molar-refractivity contribution >= 4 is 5.97 Å². The Labute approximate surface area is 142 Å². The van der Waals surface area contributed by atoms with E-state index in [0.29, 0.717) is 5.75 Å². The van der Waals surface area contributed by atoms with Gasteiger partial charge in [0.2, 0.25) is 0 Å². The summed E-state index contributed by atoms with van der Waals surface area (Å²) < 4.78 is 5.13. The first-order valence-electron chi connectivity index (χ1n) is 8.09. The van der Waals surface area contributed by atoms with Crippen LogP contribution >= 0.6 is 0 Å². The van der Waals surface area contributed by atoms with Crippen LogP contribution in [0.15, 0.2) is 84.9 Å². The Kier molecular flexibility index (Phi) is 5.07. The third-order valence-corrected chi connectivity index (χ3v) is 4.03. The highest BCUT2D eigenvalue weighted by Crippen LogP contribution is 2.29. The highest BCUT2D eigenvalue weighted by Gasteiger charge is 2.15. The van der Waals surface area contributed by atoms with E-state index < -0.39 is 0 Å². The van der Waals surface area contributed by atoms with Gasteiger partial charge in [0.15, 0.2) is 0 Å². The van der Waals surface area contributed by atoms with Gasteiger partial charge in [-0.05, 0) is 35.2 Å². The van der Waals surface area contributed by atoms with Crippen LogP contribution in [-0.4, -0.2) is 5.97 Å². The molecule has 24 heavy (non-hydrogen) atoms. The second-order valence-corrected chi connectivity index (χ2v) is 5.82. The largest absolute Gasteiger partial charge is 0.427 e. The van der Waals surface area contributed by atoms with E-state index >= 15 is 0 Å². The van der Waals surface area contributed by atoms with Gasteiger partial charge in [0, 0.05) is 12.8 Å². The number of rotatable bonds is 5. The van der Waals surface area contributed by atoms with Crippen LogP contribution in [-0.2, 0) is 11.2 Å². The molecule has 0 amide bonds. The van der Waals surface area contributed by atoms with Gasteiger partial charge < -0.3 is 4.74 Å². The van der Waals surface area contributed by atoms with Gasteiger partial charge in [0.1, 0.15) is 5.75 Å². The summed E-state index contributed by atoms with van der Waals surface area (Å²) >= 11 is 0. The fourth-order valence-electron chi connectivity index (χ4n) is 2.90. The lowest BCUT2D eigenvalue weighted by Gasteiger charge is -2.18. The van der Waals surface area contributed by atoms with Crippen LogP contribution in [0.3, 0.4) is 0 Å². The van der Waals surface area contributed by atoms with Crippen molar-refractivity contribution in [1.29, 1.82) is 0 Å². The zero-order valence-electron chi connectivity index (χ0n) is 13.7. The number of ether oxygens (including phenoxy) is 1. The van der Waals surface area contributed by atoms with Gasteiger partial charge in [0.25, 0.3) is 0 Å². The van der Waals surface area contributed by atoms with Crippen LogP contribution in [0.5, 0.6) is 5.75 Å². The summed E-state index contributed by atoms with van der Waals surface area (Å²) in [6.45, 7) is 1.41. The number of benzene rings is 3. The average molecular weight is 316 g/mol. The lowest BCUT2D eigenvalue weighted by molar-refractivity contribution is -0.131. The Morgan fingerprint density at radius 1 is 0.792 bits per heavy atom. The Hall–Kier alpha value is -2.87. The number of hydrogen-bond acceptors (Lipinski definition) is 2. The van der Waals surface area contributed by atoms with Crippen LogP contribution in [0.2, 0.25) is 0 Å². The van der Waals surface area contributed by atoms with Crippen LogP contribution in [0.25, 0.3) is 0 Å². The van der Waals surface area contributed by atoms with Crippen LogP contribution < -0.4 is 4.74 Å². The molecule has 0 fully saturated rings. The standard InChI is InChI=1S/C22H20O2/c1-17(23)24-21-14-12-20(13-15-21)22(19-10-6-3-7-11-19)16-18-8-4-2-5-9-18/h2-15,22H,16H2,1H3/t22-/m1/s1. The van der Waals surface area contributed by atoms with Gasteiger partial charge in [-0.2, -0.15) is 0 Å². The molecule has 3 aromatic rings. The maximum atomic E-state index is 11.1. The quantitative estimate of drug-likeness (QED) is 0.490. The average Bonchev–Trinajstić information content (AvgIpc) is 2.62. The van der Waals surface area contributed by atoms with Gasteiger partial charge in [-0.25, -0.2) is 0 Å². The monoisotopic (exact) mass is 316 g/mol. The summed E-state index contributed by atoms with van der Waals surface area (Å²) in [5.74, 6) is 0.546. The molecule has 2 nitrogen and oxygen atoms in total. The summed E-state index contributed by atoms with van der Waals surface area (Å²) in [6, 6.07) is 28.8. The van der Waals surface area contributed by atoms with Crippen molar-refractivity contribution in [3.8, 4) is 5.75 Å². The highest BCUT2D eigenvalue weighted by atomic mass is 16.5. The van der Waals surface area contributed by atoms with E-state index in [1.807, 2.05) is 36.4 Å². The Morgan fingerprint density at radius 2 is 1.33 bits per heavy atom. The summed E-state index contributed by atoms with van der Waals surface area (Å²) in [5, 5.41) is 0. The zero-order valence-corrected chi connectivity index (χ0v) is 13.7. The smallest absolute Gasteiger partial charge is 0.308 e. The lowest BCUT2D eigenvalue weighted by Crippen LogP contribution is -2.06. The molecule has 0 aliphatic carbocycles. The summed E-state index contributed by atoms with van der Waals surface area (Å²) in [7, 11) is 0. The molecule has 2 heteroatoms. The van der Waals surface area contributed by atoms with E-state index in [2.05, 4.69) is 48.5 Å². The predicted molar refractivity (Wildman–Crippen MR) is 96.2 cm³/mol. The van der Waals surface area contributed by atoms with E-state index in [1.54, 1.807) is 0 Å². The van der Waals surface area contributed by atoms with Crippen LogP contribution in [0.4, 0.5) is 0 Å². The number of carbonyl (C=O) groups is 1. The first-order chi connectivity index (χ1) is 11.7. The molecule has 3 aromatic carbocycles. The molecule has 0 bridgehead atoms.